The van der Waals surface area contributed by atoms with E-state index < -0.39 is 36.4 Å². The molecule has 1 amide bonds. The van der Waals surface area contributed by atoms with Crippen molar-refractivity contribution in [3.8, 4) is 0 Å². The van der Waals surface area contributed by atoms with Crippen molar-refractivity contribution >= 4 is 60.5 Å². The van der Waals surface area contributed by atoms with Crippen LogP contribution in [0.5, 0.6) is 0 Å². The zero-order chi connectivity index (χ0) is 25.9. The third-order valence-corrected chi connectivity index (χ3v) is 5.10. The van der Waals surface area contributed by atoms with Gasteiger partial charge in [0.25, 0.3) is 5.91 Å². The van der Waals surface area contributed by atoms with Crippen molar-refractivity contribution < 1.29 is 43.5 Å². The van der Waals surface area contributed by atoms with Crippen molar-refractivity contribution in [2.45, 2.75) is 51.6 Å². The number of carbonyl (C=O) groups is 5. The van der Waals surface area contributed by atoms with Crippen molar-refractivity contribution in [3.05, 3.63) is 33.8 Å². The summed E-state index contributed by atoms with van der Waals surface area (Å²) >= 11 is 11.7. The number of carboxylic acids is 2. The van der Waals surface area contributed by atoms with E-state index in [2.05, 4.69) is 28.5 Å². The van der Waals surface area contributed by atoms with E-state index in [4.69, 9.17) is 33.4 Å². The van der Waals surface area contributed by atoms with Gasteiger partial charge in [0.2, 0.25) is 0 Å². The van der Waals surface area contributed by atoms with E-state index in [1.165, 1.54) is 6.07 Å². The lowest BCUT2D eigenvalue weighted by atomic mass is 9.95. The molecule has 1 aromatic rings. The summed E-state index contributed by atoms with van der Waals surface area (Å²) < 4.78 is 8.87. The number of hydrogen-bond acceptors (Lipinski definition) is 7. The van der Waals surface area contributed by atoms with E-state index in [9.17, 15) is 24.0 Å². The number of hydrogen-bond donors (Lipinski definition) is 3. The molecule has 3 N–H and O–H groups in total. The maximum Gasteiger partial charge on any atom is 0.575 e. The third kappa shape index (κ3) is 10.1. The van der Waals surface area contributed by atoms with Gasteiger partial charge in [0.05, 0.1) is 30.0 Å². The molecule has 0 saturated carbocycles. The smallest absolute Gasteiger partial charge is 0.509 e. The van der Waals surface area contributed by atoms with Crippen molar-refractivity contribution in [3.63, 3.8) is 0 Å². The molecule has 0 aliphatic carbocycles. The zero-order valence-corrected chi connectivity index (χ0v) is 20.1. The van der Waals surface area contributed by atoms with Crippen LogP contribution >= 0.6 is 23.2 Å². The number of carbonyl (C=O) groups excluding carboxylic acids is 3. The Labute approximate surface area is 207 Å². The molecule has 1 aromatic carbocycles. The Kier molecular flexibility index (Phi) is 12.0. The fourth-order valence-corrected chi connectivity index (χ4v) is 3.21. The summed E-state index contributed by atoms with van der Waals surface area (Å²) in [6.07, 6.45) is 0.870. The van der Waals surface area contributed by atoms with Gasteiger partial charge >= 0.3 is 25.6 Å². The number of aliphatic carboxylic acids is 2. The zero-order valence-electron chi connectivity index (χ0n) is 18.6. The highest BCUT2D eigenvalue weighted by molar-refractivity contribution is 6.35. The largest absolute Gasteiger partial charge is 0.575 e. The summed E-state index contributed by atoms with van der Waals surface area (Å²) in [6.45, 7) is 4.26. The van der Waals surface area contributed by atoms with Crippen LogP contribution in [0.2, 0.25) is 10.0 Å². The molecule has 1 heterocycles. The molecule has 1 aliphatic rings. The molecule has 185 valence electrons. The average molecular weight is 517 g/mol. The van der Waals surface area contributed by atoms with Crippen LogP contribution in [-0.2, 0) is 28.5 Å². The number of rotatable bonds is 11. The first kappa shape index (κ1) is 29.4. The van der Waals surface area contributed by atoms with Crippen LogP contribution in [0.15, 0.2) is 18.2 Å². The molecule has 1 saturated heterocycles. The molecule has 1 radical (unpaired) electrons. The molecular weight excluding hydrogens is 492 g/mol. The monoisotopic (exact) mass is 516 g/mol. The lowest BCUT2D eigenvalue weighted by molar-refractivity contribution is -0.157. The number of amides is 1. The van der Waals surface area contributed by atoms with Gasteiger partial charge in [-0.15, -0.1) is 0 Å². The number of Topliss-reactive ketones (excluding diaryl/α,β-unsaturated/α-hetero) is 1. The van der Waals surface area contributed by atoms with E-state index >= 15 is 0 Å². The second-order valence-electron chi connectivity index (χ2n) is 7.89. The number of halogens is 2. The molecule has 34 heavy (non-hydrogen) atoms. The lowest BCUT2D eigenvalue weighted by Crippen LogP contribution is -2.41. The summed E-state index contributed by atoms with van der Waals surface area (Å²) in [5, 5.41) is 20.3. The Hall–Kier alpha value is -2.63. The molecule has 13 heteroatoms. The maximum absolute atomic E-state index is 11.9. The molecule has 0 aromatic heterocycles. The van der Waals surface area contributed by atoms with Gasteiger partial charge in [0, 0.05) is 11.4 Å². The van der Waals surface area contributed by atoms with Crippen LogP contribution in [0.25, 0.3) is 0 Å². The predicted molar refractivity (Wildman–Crippen MR) is 123 cm³/mol. The first-order chi connectivity index (χ1) is 15.9. The Balaban J connectivity index is 0.000000362. The van der Waals surface area contributed by atoms with Crippen LogP contribution in [0.4, 0.5) is 0 Å². The molecule has 0 unspecified atom stereocenters. The van der Waals surface area contributed by atoms with Crippen LogP contribution in [0.3, 0.4) is 0 Å². The molecule has 2 rings (SSSR count). The highest BCUT2D eigenvalue weighted by atomic mass is 35.5. The van der Waals surface area contributed by atoms with E-state index in [0.717, 1.165) is 12.8 Å². The molecular formula is C21H25BCl2NO9. The molecule has 0 bridgehead atoms. The molecule has 1 aliphatic heterocycles. The van der Waals surface area contributed by atoms with Gasteiger partial charge in [-0.1, -0.05) is 43.5 Å². The molecule has 10 nitrogen and oxygen atoms in total. The van der Waals surface area contributed by atoms with E-state index in [0.29, 0.717) is 30.1 Å². The third-order valence-electron chi connectivity index (χ3n) is 4.53. The summed E-state index contributed by atoms with van der Waals surface area (Å²) in [5.41, 5.74) is -1.63. The quantitative estimate of drug-likeness (QED) is 0.376. The fraction of sp³-hybridized carbons (Fsp3) is 0.476. The second kappa shape index (κ2) is 13.9. The SMILES string of the molecule is CC(C)CCCC(=O)CNC(=O)c1cc(Cl)ccc1Cl.O=C(O)CC1(CC(=O)O)O[B]OC1=O. The Morgan fingerprint density at radius 1 is 1.12 bits per heavy atom. The Bertz CT molecular complexity index is 908. The summed E-state index contributed by atoms with van der Waals surface area (Å²) in [7, 11) is 0.647. The Morgan fingerprint density at radius 2 is 1.74 bits per heavy atom. The van der Waals surface area contributed by atoms with E-state index in [1.807, 2.05) is 0 Å². The lowest BCUT2D eigenvalue weighted by Gasteiger charge is -2.20. The minimum Gasteiger partial charge on any atom is -0.509 e. The second-order valence-corrected chi connectivity index (χ2v) is 8.73. The van der Waals surface area contributed by atoms with Crippen molar-refractivity contribution in [2.75, 3.05) is 6.54 Å². The van der Waals surface area contributed by atoms with Gasteiger partial charge in [-0.3, -0.25) is 24.0 Å². The number of benzene rings is 1. The highest BCUT2D eigenvalue weighted by Crippen LogP contribution is 2.27. The topological polar surface area (TPSA) is 156 Å². The first-order valence-corrected chi connectivity index (χ1v) is 11.0. The normalized spacial score (nSPS) is 13.9. The van der Waals surface area contributed by atoms with E-state index in [-0.39, 0.29) is 23.8 Å². The standard InChI is InChI=1S/C15H19Cl2NO2.C6H6BO7/c1-10(2)4-3-5-12(19)9-18-15(20)13-8-11(16)6-7-14(13)17;8-3(9)1-6(2-4(10)11)5(12)13-7-14-6/h6-8,10H,3-5,9H2,1-2H3,(H,18,20);1-2H2,(H,8,9)(H,10,11). The van der Waals surface area contributed by atoms with Crippen LogP contribution in [-0.4, -0.2) is 59.6 Å². The predicted octanol–water partition coefficient (Wildman–Crippen LogP) is 2.90. The molecule has 0 atom stereocenters. The fourth-order valence-electron chi connectivity index (χ4n) is 2.84. The minimum atomic E-state index is -1.92. The summed E-state index contributed by atoms with van der Waals surface area (Å²) in [5.74, 6) is -3.44. The number of ketones is 1. The van der Waals surface area contributed by atoms with Gasteiger partial charge in [-0.05, 0) is 30.5 Å². The molecule has 0 spiro atoms. The first-order valence-electron chi connectivity index (χ1n) is 10.3. The summed E-state index contributed by atoms with van der Waals surface area (Å²) in [6, 6.07) is 4.66. The highest BCUT2D eigenvalue weighted by Gasteiger charge is 2.50. The van der Waals surface area contributed by atoms with Gasteiger partial charge in [-0.2, -0.15) is 0 Å². The van der Waals surface area contributed by atoms with Crippen LogP contribution < -0.4 is 5.32 Å². The summed E-state index contributed by atoms with van der Waals surface area (Å²) in [4.78, 5) is 55.4. The Morgan fingerprint density at radius 3 is 2.24 bits per heavy atom. The van der Waals surface area contributed by atoms with Gasteiger partial charge in [0.1, 0.15) is 0 Å². The average Bonchev–Trinajstić information content (AvgIpc) is 3.06. The minimum absolute atomic E-state index is 0.0251. The maximum atomic E-state index is 11.9. The van der Waals surface area contributed by atoms with Crippen molar-refractivity contribution in [1.29, 1.82) is 0 Å². The van der Waals surface area contributed by atoms with Crippen LogP contribution in [0, 0.1) is 5.92 Å². The number of nitrogens with one attached hydrogen (secondary N) is 1. The number of carboxylic acid groups (broad SMARTS) is 2. The van der Waals surface area contributed by atoms with Gasteiger partial charge in [0.15, 0.2) is 11.4 Å². The van der Waals surface area contributed by atoms with Gasteiger partial charge < -0.3 is 24.8 Å². The molecule has 1 fully saturated rings. The van der Waals surface area contributed by atoms with Crippen molar-refractivity contribution in [1.82, 2.24) is 5.32 Å². The van der Waals surface area contributed by atoms with Gasteiger partial charge in [-0.25, -0.2) is 0 Å². The van der Waals surface area contributed by atoms with Crippen LogP contribution in [0.1, 0.15) is 56.3 Å². The van der Waals surface area contributed by atoms with Crippen molar-refractivity contribution in [2.24, 2.45) is 5.92 Å². The van der Waals surface area contributed by atoms with E-state index in [1.54, 1.807) is 12.1 Å².